The molecule has 0 aliphatic carbocycles. The third kappa shape index (κ3) is 2.90. The number of sulfonamides is 1. The Labute approximate surface area is 130 Å². The Hall–Kier alpha value is -0.820. The number of benzene rings is 1. The molecule has 21 heavy (non-hydrogen) atoms. The number of nitrogens with one attached hydrogen (secondary N) is 1. The van der Waals surface area contributed by atoms with Crippen molar-refractivity contribution in [1.82, 2.24) is 9.62 Å². The third-order valence-electron chi connectivity index (χ3n) is 4.25. The topological polar surface area (TPSA) is 58.6 Å². The second-order valence-electron chi connectivity index (χ2n) is 5.59. The molecule has 0 aromatic heterocycles. The maximum absolute atomic E-state index is 12.8. The molecule has 1 aromatic rings. The Bertz CT molecular complexity index is 635. The molecular weight excluding hydrogens is 312 g/mol. The highest BCUT2D eigenvalue weighted by Gasteiger charge is 2.35. The molecule has 0 radical (unpaired) electrons. The van der Waals surface area contributed by atoms with E-state index in [1.54, 1.807) is 16.4 Å². The largest absolute Gasteiger partial charge is 0.495 e. The lowest BCUT2D eigenvalue weighted by atomic mass is 10.1. The molecule has 7 heteroatoms. The van der Waals surface area contributed by atoms with Crippen LogP contribution in [0.2, 0.25) is 5.02 Å². The van der Waals surface area contributed by atoms with E-state index in [9.17, 15) is 8.42 Å². The van der Waals surface area contributed by atoms with Gasteiger partial charge in [0.2, 0.25) is 10.0 Å². The summed E-state index contributed by atoms with van der Waals surface area (Å²) in [7, 11) is -2.00. The molecular formula is C14H19ClN2O3S. The van der Waals surface area contributed by atoms with Crippen LogP contribution >= 0.6 is 11.6 Å². The molecule has 2 fully saturated rings. The van der Waals surface area contributed by atoms with E-state index >= 15 is 0 Å². The van der Waals surface area contributed by atoms with Gasteiger partial charge in [0.05, 0.1) is 17.0 Å². The number of rotatable bonds is 3. The van der Waals surface area contributed by atoms with E-state index in [1.807, 2.05) is 0 Å². The van der Waals surface area contributed by atoms with Gasteiger partial charge in [-0.2, -0.15) is 4.31 Å². The van der Waals surface area contributed by atoms with Crippen molar-refractivity contribution in [2.24, 2.45) is 0 Å². The maximum atomic E-state index is 12.8. The Morgan fingerprint density at radius 1 is 1.29 bits per heavy atom. The number of hydrogen-bond acceptors (Lipinski definition) is 4. The minimum Gasteiger partial charge on any atom is -0.495 e. The fourth-order valence-electron chi connectivity index (χ4n) is 3.09. The normalized spacial score (nSPS) is 26.6. The molecule has 2 aliphatic heterocycles. The fraction of sp³-hybridized carbons (Fsp3) is 0.571. The highest BCUT2D eigenvalue weighted by Crippen LogP contribution is 2.30. The summed E-state index contributed by atoms with van der Waals surface area (Å²) in [5, 5.41) is 3.80. The van der Waals surface area contributed by atoms with Gasteiger partial charge in [0.25, 0.3) is 0 Å². The first kappa shape index (κ1) is 15.1. The monoisotopic (exact) mass is 330 g/mol. The minimum absolute atomic E-state index is 0.228. The zero-order valence-electron chi connectivity index (χ0n) is 11.9. The SMILES string of the molecule is COc1ccc(S(=O)(=O)N2CCC3CCC(C2)N3)cc1Cl. The van der Waals surface area contributed by atoms with Gasteiger partial charge in [-0.25, -0.2) is 8.42 Å². The Balaban J connectivity index is 1.87. The summed E-state index contributed by atoms with van der Waals surface area (Å²) in [6.07, 6.45) is 3.05. The number of nitrogens with zero attached hydrogens (tertiary/aromatic N) is 1. The summed E-state index contributed by atoms with van der Waals surface area (Å²) in [6, 6.07) is 5.33. The van der Waals surface area contributed by atoms with Crippen LogP contribution in [0.25, 0.3) is 0 Å². The van der Waals surface area contributed by atoms with Gasteiger partial charge >= 0.3 is 0 Å². The van der Waals surface area contributed by atoms with Crippen LogP contribution in [0.1, 0.15) is 19.3 Å². The van der Waals surface area contributed by atoms with Crippen molar-refractivity contribution in [3.8, 4) is 5.75 Å². The van der Waals surface area contributed by atoms with E-state index < -0.39 is 10.0 Å². The molecule has 2 unspecified atom stereocenters. The average Bonchev–Trinajstić information content (AvgIpc) is 2.77. The van der Waals surface area contributed by atoms with Crippen LogP contribution in [0.3, 0.4) is 0 Å². The quantitative estimate of drug-likeness (QED) is 0.919. The van der Waals surface area contributed by atoms with Crippen LogP contribution in [0, 0.1) is 0 Å². The van der Waals surface area contributed by atoms with Crippen LogP contribution in [0.5, 0.6) is 5.75 Å². The van der Waals surface area contributed by atoms with Crippen LogP contribution in [0.4, 0.5) is 0 Å². The summed E-state index contributed by atoms with van der Waals surface area (Å²) >= 11 is 6.05. The summed E-state index contributed by atoms with van der Waals surface area (Å²) in [6.45, 7) is 1.09. The first-order valence-corrected chi connectivity index (χ1v) is 8.92. The molecule has 0 amide bonds. The molecule has 2 saturated heterocycles. The van der Waals surface area contributed by atoms with Crippen molar-refractivity contribution in [2.75, 3.05) is 20.2 Å². The molecule has 0 spiro atoms. The van der Waals surface area contributed by atoms with Gasteiger partial charge in [0, 0.05) is 25.2 Å². The lowest BCUT2D eigenvalue weighted by Gasteiger charge is -2.23. The standard InChI is InChI=1S/C14H19ClN2O3S/c1-20-14-5-4-12(8-13(14)15)21(18,19)17-7-6-10-2-3-11(9-17)16-10/h4-5,8,10-11,16H,2-3,6-7,9H2,1H3. The van der Waals surface area contributed by atoms with Crippen molar-refractivity contribution in [3.05, 3.63) is 23.2 Å². The molecule has 116 valence electrons. The Kier molecular flexibility index (Phi) is 4.14. The van der Waals surface area contributed by atoms with Gasteiger partial charge in [-0.3, -0.25) is 0 Å². The molecule has 1 aromatic carbocycles. The number of ether oxygens (including phenoxy) is 1. The third-order valence-corrected chi connectivity index (χ3v) is 6.40. The lowest BCUT2D eigenvalue weighted by Crippen LogP contribution is -2.39. The molecule has 2 heterocycles. The molecule has 0 saturated carbocycles. The van der Waals surface area contributed by atoms with E-state index in [0.717, 1.165) is 19.3 Å². The van der Waals surface area contributed by atoms with Gasteiger partial charge in [-0.05, 0) is 37.5 Å². The molecule has 5 nitrogen and oxygen atoms in total. The number of methoxy groups -OCH3 is 1. The molecule has 2 aliphatic rings. The van der Waals surface area contributed by atoms with Crippen LogP contribution < -0.4 is 10.1 Å². The molecule has 3 rings (SSSR count). The van der Waals surface area contributed by atoms with Crippen LogP contribution in [0.15, 0.2) is 23.1 Å². The van der Waals surface area contributed by atoms with Crippen molar-refractivity contribution >= 4 is 21.6 Å². The zero-order valence-corrected chi connectivity index (χ0v) is 13.5. The van der Waals surface area contributed by atoms with Gasteiger partial charge in [-0.15, -0.1) is 0 Å². The highest BCUT2D eigenvalue weighted by molar-refractivity contribution is 7.89. The molecule has 1 N–H and O–H groups in total. The zero-order chi connectivity index (χ0) is 15.0. The van der Waals surface area contributed by atoms with Crippen LogP contribution in [-0.2, 0) is 10.0 Å². The van der Waals surface area contributed by atoms with Crippen molar-refractivity contribution in [1.29, 1.82) is 0 Å². The number of fused-ring (bicyclic) bond motifs is 2. The number of hydrogen-bond donors (Lipinski definition) is 1. The molecule has 2 bridgehead atoms. The van der Waals surface area contributed by atoms with E-state index in [0.29, 0.717) is 29.9 Å². The predicted octanol–water partition coefficient (Wildman–Crippen LogP) is 1.86. The van der Waals surface area contributed by atoms with Crippen molar-refractivity contribution < 1.29 is 13.2 Å². The second kappa shape index (κ2) is 5.76. The smallest absolute Gasteiger partial charge is 0.243 e. The van der Waals surface area contributed by atoms with Crippen molar-refractivity contribution in [2.45, 2.75) is 36.2 Å². The summed E-state index contributed by atoms with van der Waals surface area (Å²) < 4.78 is 32.2. The summed E-state index contributed by atoms with van der Waals surface area (Å²) in [5.41, 5.74) is 0. The van der Waals surface area contributed by atoms with Crippen molar-refractivity contribution in [3.63, 3.8) is 0 Å². The Morgan fingerprint density at radius 2 is 2.05 bits per heavy atom. The summed E-state index contributed by atoms with van der Waals surface area (Å²) in [4.78, 5) is 0.228. The van der Waals surface area contributed by atoms with E-state index in [-0.39, 0.29) is 10.9 Å². The van der Waals surface area contributed by atoms with Crippen LogP contribution in [-0.4, -0.2) is 45.0 Å². The van der Waals surface area contributed by atoms with E-state index in [4.69, 9.17) is 16.3 Å². The maximum Gasteiger partial charge on any atom is 0.243 e. The fourth-order valence-corrected chi connectivity index (χ4v) is 4.94. The van der Waals surface area contributed by atoms with Gasteiger partial charge in [-0.1, -0.05) is 11.6 Å². The van der Waals surface area contributed by atoms with Gasteiger partial charge < -0.3 is 10.1 Å². The summed E-state index contributed by atoms with van der Waals surface area (Å²) in [5.74, 6) is 0.479. The first-order chi connectivity index (χ1) is 10.0. The van der Waals surface area contributed by atoms with E-state index in [2.05, 4.69) is 5.32 Å². The predicted molar refractivity (Wildman–Crippen MR) is 81.3 cm³/mol. The minimum atomic E-state index is -3.50. The van der Waals surface area contributed by atoms with E-state index in [1.165, 1.54) is 13.2 Å². The van der Waals surface area contributed by atoms with Gasteiger partial charge in [0.15, 0.2) is 0 Å². The average molecular weight is 331 g/mol. The molecule has 2 atom stereocenters. The number of halogens is 1. The first-order valence-electron chi connectivity index (χ1n) is 7.10. The Morgan fingerprint density at radius 3 is 2.76 bits per heavy atom. The highest BCUT2D eigenvalue weighted by atomic mass is 35.5. The van der Waals surface area contributed by atoms with Gasteiger partial charge in [0.1, 0.15) is 5.75 Å². The second-order valence-corrected chi connectivity index (χ2v) is 7.93. The lowest BCUT2D eigenvalue weighted by molar-refractivity contribution is 0.383.